The fourth-order valence-electron chi connectivity index (χ4n) is 1.43. The maximum atomic E-state index is 7.18. The molecule has 1 rings (SSSR count). The Morgan fingerprint density at radius 2 is 1.44 bits per heavy atom. The molecule has 1 aromatic carbocycles. The van der Waals surface area contributed by atoms with Gasteiger partial charge in [-0.15, -0.1) is 0 Å². The van der Waals surface area contributed by atoms with Gasteiger partial charge in [-0.2, -0.15) is 0 Å². The molecule has 0 atom stereocenters. The van der Waals surface area contributed by atoms with Crippen LogP contribution in [0.1, 0.15) is 5.56 Å². The first kappa shape index (κ1) is 12.1. The number of methoxy groups -OCH3 is 4. The van der Waals surface area contributed by atoms with Crippen LogP contribution in [0.5, 0.6) is 23.0 Å². The molecule has 0 saturated heterocycles. The minimum absolute atomic E-state index is 0.388. The largest absolute Gasteiger partial charge is 0.493 e. The number of ether oxygens (including phenoxy) is 4. The van der Waals surface area contributed by atoms with Crippen molar-refractivity contribution in [3.63, 3.8) is 0 Å². The molecule has 85 valence electrons. The first-order chi connectivity index (χ1) is 7.73. The lowest BCUT2D eigenvalue weighted by molar-refractivity contribution is 0.305. The lowest BCUT2D eigenvalue weighted by Gasteiger charge is -2.16. The molecule has 0 amide bonds. The summed E-state index contributed by atoms with van der Waals surface area (Å²) in [6.45, 7) is 0. The van der Waals surface area contributed by atoms with Crippen molar-refractivity contribution in [3.8, 4) is 28.9 Å². The second kappa shape index (κ2) is 5.17. The van der Waals surface area contributed by atoms with E-state index in [0.29, 0.717) is 28.6 Å². The fraction of sp³-hybridized carbons (Fsp3) is 0.333. The minimum Gasteiger partial charge on any atom is -0.493 e. The molecule has 0 aliphatic carbocycles. The summed E-state index contributed by atoms with van der Waals surface area (Å²) in [7, 11) is 6.00. The van der Waals surface area contributed by atoms with Crippen molar-refractivity contribution in [1.82, 2.24) is 0 Å². The van der Waals surface area contributed by atoms with Crippen LogP contribution in [0.25, 0.3) is 0 Å². The van der Waals surface area contributed by atoms with Crippen molar-refractivity contribution in [1.29, 1.82) is 0 Å². The van der Waals surface area contributed by atoms with Gasteiger partial charge >= 0.3 is 0 Å². The molecule has 0 N–H and O–H groups in total. The van der Waals surface area contributed by atoms with Crippen LogP contribution in [0.2, 0.25) is 0 Å². The summed E-state index contributed by atoms with van der Waals surface area (Å²) >= 11 is 0. The summed E-state index contributed by atoms with van der Waals surface area (Å²) in [5.74, 6) is 3.94. The average molecular weight is 221 g/mol. The second-order valence-electron chi connectivity index (χ2n) is 2.85. The van der Waals surface area contributed by atoms with Crippen LogP contribution in [-0.4, -0.2) is 28.4 Å². The molecule has 0 spiro atoms. The van der Waals surface area contributed by atoms with Crippen LogP contribution in [-0.2, 0) is 0 Å². The zero-order chi connectivity index (χ0) is 12.1. The van der Waals surface area contributed by atoms with Crippen molar-refractivity contribution in [2.75, 3.05) is 28.4 Å². The Kier molecular flexibility index (Phi) is 3.90. The molecule has 1 radical (unpaired) electrons. The molecule has 1 aromatic rings. The minimum atomic E-state index is 0.388. The second-order valence-corrected chi connectivity index (χ2v) is 2.85. The van der Waals surface area contributed by atoms with Crippen molar-refractivity contribution in [2.24, 2.45) is 0 Å². The van der Waals surface area contributed by atoms with E-state index in [1.54, 1.807) is 6.07 Å². The lowest BCUT2D eigenvalue weighted by atomic mass is 10.1. The predicted molar refractivity (Wildman–Crippen MR) is 58.9 cm³/mol. The Labute approximate surface area is 95.1 Å². The first-order valence-corrected chi connectivity index (χ1v) is 4.53. The Morgan fingerprint density at radius 1 is 0.875 bits per heavy atom. The van der Waals surface area contributed by atoms with E-state index in [2.05, 4.69) is 5.92 Å². The summed E-state index contributed by atoms with van der Waals surface area (Å²) in [4.78, 5) is 0. The van der Waals surface area contributed by atoms with Crippen molar-refractivity contribution in [3.05, 3.63) is 18.1 Å². The molecule has 16 heavy (non-hydrogen) atoms. The molecule has 0 aromatic heterocycles. The van der Waals surface area contributed by atoms with Gasteiger partial charge in [0.25, 0.3) is 0 Å². The van der Waals surface area contributed by atoms with Gasteiger partial charge in [-0.3, -0.25) is 0 Å². The molecular weight excluding hydrogens is 208 g/mol. The lowest BCUT2D eigenvalue weighted by Crippen LogP contribution is -1.99. The maximum Gasteiger partial charge on any atom is 0.208 e. The highest BCUT2D eigenvalue weighted by Gasteiger charge is 2.20. The van der Waals surface area contributed by atoms with E-state index in [1.807, 2.05) is 0 Å². The third-order valence-electron chi connectivity index (χ3n) is 2.12. The molecule has 0 saturated carbocycles. The highest BCUT2D eigenvalue weighted by Crippen LogP contribution is 2.46. The first-order valence-electron chi connectivity index (χ1n) is 4.53. The molecule has 4 heteroatoms. The van der Waals surface area contributed by atoms with E-state index in [0.717, 1.165) is 0 Å². The Bertz CT molecular complexity index is 418. The van der Waals surface area contributed by atoms with Crippen molar-refractivity contribution < 1.29 is 18.9 Å². The van der Waals surface area contributed by atoms with Gasteiger partial charge in [-0.25, -0.2) is 0 Å². The Balaban J connectivity index is 3.56. The fourth-order valence-corrected chi connectivity index (χ4v) is 1.43. The zero-order valence-electron chi connectivity index (χ0n) is 9.71. The molecular formula is C12H13O4. The third kappa shape index (κ3) is 1.84. The Morgan fingerprint density at radius 3 is 1.81 bits per heavy atom. The van der Waals surface area contributed by atoms with Crippen LogP contribution in [0.15, 0.2) is 6.07 Å². The summed E-state index contributed by atoms with van der Waals surface area (Å²) in [6.07, 6.45) is 7.18. The summed E-state index contributed by atoms with van der Waals surface area (Å²) in [5, 5.41) is 0. The van der Waals surface area contributed by atoms with E-state index < -0.39 is 0 Å². The molecule has 0 heterocycles. The highest BCUT2D eigenvalue weighted by atomic mass is 16.5. The molecule has 4 nitrogen and oxygen atoms in total. The summed E-state index contributed by atoms with van der Waals surface area (Å²) in [5.41, 5.74) is 0.442. The normalized spacial score (nSPS) is 9.19. The predicted octanol–water partition coefficient (Wildman–Crippen LogP) is 1.66. The third-order valence-corrected chi connectivity index (χ3v) is 2.12. The zero-order valence-corrected chi connectivity index (χ0v) is 9.71. The van der Waals surface area contributed by atoms with Crippen molar-refractivity contribution in [2.45, 2.75) is 0 Å². The van der Waals surface area contributed by atoms with Crippen LogP contribution in [0, 0.1) is 12.3 Å². The Hall–Kier alpha value is -2.02. The molecule has 0 bridgehead atoms. The number of rotatable bonds is 4. The van der Waals surface area contributed by atoms with Gasteiger partial charge in [-0.1, -0.05) is 0 Å². The smallest absolute Gasteiger partial charge is 0.208 e. The quantitative estimate of drug-likeness (QED) is 0.724. The maximum absolute atomic E-state index is 7.18. The van der Waals surface area contributed by atoms with Gasteiger partial charge in [-0.05, 0) is 12.3 Å². The highest BCUT2D eigenvalue weighted by molar-refractivity contribution is 5.66. The number of hydrogen-bond donors (Lipinski definition) is 0. The van der Waals surface area contributed by atoms with E-state index >= 15 is 0 Å². The van der Waals surface area contributed by atoms with Gasteiger partial charge in [0.15, 0.2) is 11.5 Å². The number of benzene rings is 1. The van der Waals surface area contributed by atoms with Crippen LogP contribution in [0.4, 0.5) is 0 Å². The number of hydrogen-bond acceptors (Lipinski definition) is 4. The van der Waals surface area contributed by atoms with E-state index in [-0.39, 0.29) is 0 Å². The summed E-state index contributed by atoms with van der Waals surface area (Å²) in [6, 6.07) is 1.60. The standard InChI is InChI=1S/C12H13O4/c1-6-8-7-9(13-2)11(15-4)12(16-5)10(8)14-3/h7H,2-5H3. The molecule has 0 aliphatic rings. The van der Waals surface area contributed by atoms with Crippen molar-refractivity contribution >= 4 is 0 Å². The molecule has 0 unspecified atom stereocenters. The molecule has 0 aliphatic heterocycles. The topological polar surface area (TPSA) is 36.9 Å². The van der Waals surface area contributed by atoms with E-state index in [4.69, 9.17) is 25.4 Å². The van der Waals surface area contributed by atoms with Crippen LogP contribution >= 0.6 is 0 Å². The monoisotopic (exact) mass is 221 g/mol. The van der Waals surface area contributed by atoms with Crippen LogP contribution < -0.4 is 18.9 Å². The molecule has 0 fully saturated rings. The average Bonchev–Trinajstić information content (AvgIpc) is 2.35. The van der Waals surface area contributed by atoms with Gasteiger partial charge in [0.05, 0.1) is 34.0 Å². The van der Waals surface area contributed by atoms with E-state index in [9.17, 15) is 0 Å². The SMILES string of the molecule is [C]#Cc1cc(OC)c(OC)c(OC)c1OC. The van der Waals surface area contributed by atoms with E-state index in [1.165, 1.54) is 28.4 Å². The van der Waals surface area contributed by atoms with Gasteiger partial charge < -0.3 is 18.9 Å². The van der Waals surface area contributed by atoms with Gasteiger partial charge in [0.2, 0.25) is 11.5 Å². The summed E-state index contributed by atoms with van der Waals surface area (Å²) < 4.78 is 20.7. The van der Waals surface area contributed by atoms with Crippen LogP contribution in [0.3, 0.4) is 0 Å². The van der Waals surface area contributed by atoms with Gasteiger partial charge in [0, 0.05) is 6.07 Å². The van der Waals surface area contributed by atoms with Gasteiger partial charge in [0.1, 0.15) is 0 Å².